The van der Waals surface area contributed by atoms with Gasteiger partial charge >= 0.3 is 6.03 Å². The average Bonchev–Trinajstić information content (AvgIpc) is 3.05. The number of rotatable bonds is 3. The Bertz CT molecular complexity index is 596. The number of morpholine rings is 1. The monoisotopic (exact) mass is 372 g/mol. The Morgan fingerprint density at radius 3 is 2.72 bits per heavy atom. The van der Waals surface area contributed by atoms with Crippen molar-refractivity contribution in [1.29, 1.82) is 0 Å². The maximum Gasteiger partial charge on any atom is 0.319 e. The molecule has 3 N–H and O–H groups in total. The molecule has 3 rings (SSSR count). The lowest BCUT2D eigenvalue weighted by Crippen LogP contribution is -2.49. The SMILES string of the molecule is Cl.O=C(Nc1ccc(F)cc1)NC1CCN(C(=O)C2CNCCO2)C1. The molecule has 0 radical (unpaired) electrons. The molecule has 1 aromatic rings. The summed E-state index contributed by atoms with van der Waals surface area (Å²) in [6.45, 7) is 2.89. The molecule has 2 fully saturated rings. The van der Waals surface area contributed by atoms with Crippen LogP contribution in [-0.2, 0) is 9.53 Å². The molecule has 2 aliphatic rings. The van der Waals surface area contributed by atoms with Gasteiger partial charge in [0, 0.05) is 37.9 Å². The van der Waals surface area contributed by atoms with Crippen molar-refractivity contribution in [2.75, 3.05) is 38.1 Å². The molecule has 3 amide bonds. The van der Waals surface area contributed by atoms with E-state index in [9.17, 15) is 14.0 Å². The fraction of sp³-hybridized carbons (Fsp3) is 0.500. The summed E-state index contributed by atoms with van der Waals surface area (Å²) in [6.07, 6.45) is 0.258. The molecule has 138 valence electrons. The molecule has 0 spiro atoms. The van der Waals surface area contributed by atoms with Gasteiger partial charge < -0.3 is 25.6 Å². The molecule has 2 aliphatic heterocycles. The number of carbonyl (C=O) groups excluding carboxylic acids is 2. The minimum Gasteiger partial charge on any atom is -0.366 e. The number of hydrogen-bond acceptors (Lipinski definition) is 4. The topological polar surface area (TPSA) is 82.7 Å². The number of hydrogen-bond donors (Lipinski definition) is 3. The number of nitrogens with one attached hydrogen (secondary N) is 3. The van der Waals surface area contributed by atoms with Crippen molar-refractivity contribution in [3.63, 3.8) is 0 Å². The molecule has 9 heteroatoms. The predicted molar refractivity (Wildman–Crippen MR) is 93.4 cm³/mol. The van der Waals surface area contributed by atoms with E-state index in [1.54, 1.807) is 4.90 Å². The van der Waals surface area contributed by atoms with Crippen molar-refractivity contribution in [3.8, 4) is 0 Å². The molecule has 2 unspecified atom stereocenters. The fourth-order valence-corrected chi connectivity index (χ4v) is 2.89. The van der Waals surface area contributed by atoms with Crippen LogP contribution in [0.25, 0.3) is 0 Å². The van der Waals surface area contributed by atoms with E-state index in [0.717, 1.165) is 6.54 Å². The lowest BCUT2D eigenvalue weighted by molar-refractivity contribution is -0.144. The molecule has 0 saturated carbocycles. The van der Waals surface area contributed by atoms with Gasteiger partial charge in [-0.3, -0.25) is 4.79 Å². The van der Waals surface area contributed by atoms with Gasteiger partial charge in [-0.15, -0.1) is 12.4 Å². The van der Waals surface area contributed by atoms with Gasteiger partial charge in [0.1, 0.15) is 11.9 Å². The number of carbonyl (C=O) groups is 2. The van der Waals surface area contributed by atoms with E-state index in [2.05, 4.69) is 16.0 Å². The van der Waals surface area contributed by atoms with E-state index in [1.807, 2.05) is 0 Å². The highest BCUT2D eigenvalue weighted by Gasteiger charge is 2.32. The first kappa shape index (κ1) is 19.4. The predicted octanol–water partition coefficient (Wildman–Crippen LogP) is 0.958. The van der Waals surface area contributed by atoms with E-state index in [0.29, 0.717) is 38.3 Å². The quantitative estimate of drug-likeness (QED) is 0.738. The van der Waals surface area contributed by atoms with Crippen molar-refractivity contribution in [3.05, 3.63) is 30.1 Å². The van der Waals surface area contributed by atoms with Gasteiger partial charge in [-0.05, 0) is 30.7 Å². The molecule has 2 heterocycles. The van der Waals surface area contributed by atoms with Gasteiger partial charge in [0.15, 0.2) is 0 Å². The number of ether oxygens (including phenoxy) is 1. The molecule has 7 nitrogen and oxygen atoms in total. The third-order valence-electron chi connectivity index (χ3n) is 4.14. The van der Waals surface area contributed by atoms with Crippen molar-refractivity contribution in [2.24, 2.45) is 0 Å². The lowest BCUT2D eigenvalue weighted by Gasteiger charge is -2.27. The smallest absolute Gasteiger partial charge is 0.319 e. The maximum atomic E-state index is 12.8. The van der Waals surface area contributed by atoms with Crippen LogP contribution in [-0.4, -0.2) is 61.8 Å². The highest BCUT2D eigenvalue weighted by atomic mass is 35.5. The van der Waals surface area contributed by atoms with Crippen LogP contribution in [0, 0.1) is 5.82 Å². The summed E-state index contributed by atoms with van der Waals surface area (Å²) in [5.41, 5.74) is 0.515. The Hall–Kier alpha value is -1.90. The summed E-state index contributed by atoms with van der Waals surface area (Å²) in [5.74, 6) is -0.393. The number of benzene rings is 1. The number of likely N-dealkylation sites (tertiary alicyclic amines) is 1. The number of halogens is 2. The molecule has 0 aromatic heterocycles. The van der Waals surface area contributed by atoms with Crippen molar-refractivity contribution >= 4 is 30.0 Å². The Labute approximate surface area is 151 Å². The Balaban J connectivity index is 0.00000225. The second kappa shape index (κ2) is 8.98. The van der Waals surface area contributed by atoms with Crippen LogP contribution >= 0.6 is 12.4 Å². The number of amides is 3. The van der Waals surface area contributed by atoms with Crippen LogP contribution in [0.2, 0.25) is 0 Å². The summed E-state index contributed by atoms with van der Waals surface area (Å²) in [4.78, 5) is 26.1. The zero-order valence-electron chi connectivity index (χ0n) is 13.7. The second-order valence-corrected chi connectivity index (χ2v) is 5.94. The summed E-state index contributed by atoms with van der Waals surface area (Å²) >= 11 is 0. The maximum absolute atomic E-state index is 12.8. The zero-order chi connectivity index (χ0) is 16.9. The van der Waals surface area contributed by atoms with Crippen LogP contribution < -0.4 is 16.0 Å². The van der Waals surface area contributed by atoms with Crippen LogP contribution in [0.5, 0.6) is 0 Å². The Kier molecular flexibility index (Phi) is 6.98. The molecule has 0 bridgehead atoms. The van der Waals surface area contributed by atoms with E-state index < -0.39 is 6.10 Å². The van der Waals surface area contributed by atoms with Gasteiger partial charge in [0.25, 0.3) is 5.91 Å². The summed E-state index contributed by atoms with van der Waals surface area (Å²) < 4.78 is 18.3. The molecule has 2 saturated heterocycles. The van der Waals surface area contributed by atoms with Crippen molar-refractivity contribution < 1.29 is 18.7 Å². The van der Waals surface area contributed by atoms with Gasteiger partial charge in [-0.2, -0.15) is 0 Å². The minimum atomic E-state index is -0.439. The molecule has 0 aliphatic carbocycles. The van der Waals surface area contributed by atoms with E-state index >= 15 is 0 Å². The number of anilines is 1. The van der Waals surface area contributed by atoms with Gasteiger partial charge in [0.2, 0.25) is 0 Å². The molecule has 25 heavy (non-hydrogen) atoms. The van der Waals surface area contributed by atoms with Gasteiger partial charge in [0.05, 0.1) is 6.61 Å². The highest BCUT2D eigenvalue weighted by Crippen LogP contribution is 2.13. The first-order valence-corrected chi connectivity index (χ1v) is 8.06. The molecular weight excluding hydrogens is 351 g/mol. The van der Waals surface area contributed by atoms with E-state index in [4.69, 9.17) is 4.74 Å². The Morgan fingerprint density at radius 2 is 2.04 bits per heavy atom. The normalized spacial score (nSPS) is 22.8. The van der Waals surface area contributed by atoms with E-state index in [-0.39, 0.29) is 36.2 Å². The summed E-state index contributed by atoms with van der Waals surface area (Å²) in [6, 6.07) is 5.08. The summed E-state index contributed by atoms with van der Waals surface area (Å²) in [5, 5.41) is 8.62. The number of urea groups is 1. The first-order valence-electron chi connectivity index (χ1n) is 8.06. The van der Waals surface area contributed by atoms with Crippen molar-refractivity contribution in [1.82, 2.24) is 15.5 Å². The minimum absolute atomic E-state index is 0. The third kappa shape index (κ3) is 5.29. The fourth-order valence-electron chi connectivity index (χ4n) is 2.89. The van der Waals surface area contributed by atoms with Crippen LogP contribution in [0.4, 0.5) is 14.9 Å². The molecule has 1 aromatic carbocycles. The van der Waals surface area contributed by atoms with Crippen molar-refractivity contribution in [2.45, 2.75) is 18.6 Å². The molecular formula is C16H22ClFN4O3. The van der Waals surface area contributed by atoms with Crippen LogP contribution in [0.15, 0.2) is 24.3 Å². The second-order valence-electron chi connectivity index (χ2n) is 5.94. The van der Waals surface area contributed by atoms with Crippen LogP contribution in [0.3, 0.4) is 0 Å². The average molecular weight is 373 g/mol. The third-order valence-corrected chi connectivity index (χ3v) is 4.14. The number of nitrogens with zero attached hydrogens (tertiary/aromatic N) is 1. The Morgan fingerprint density at radius 1 is 1.28 bits per heavy atom. The molecule has 2 atom stereocenters. The lowest BCUT2D eigenvalue weighted by atomic mass is 10.2. The van der Waals surface area contributed by atoms with Gasteiger partial charge in [-0.1, -0.05) is 0 Å². The first-order chi connectivity index (χ1) is 11.6. The standard InChI is InChI=1S/C16H21FN4O3.ClH/c17-11-1-3-12(4-2-11)19-16(23)20-13-5-7-21(10-13)15(22)14-9-18-6-8-24-14;/h1-4,13-14,18H,5-10H2,(H2,19,20,23);1H. The van der Waals surface area contributed by atoms with Crippen LogP contribution in [0.1, 0.15) is 6.42 Å². The largest absolute Gasteiger partial charge is 0.366 e. The highest BCUT2D eigenvalue weighted by molar-refractivity contribution is 5.89. The summed E-state index contributed by atoms with van der Waals surface area (Å²) in [7, 11) is 0. The van der Waals surface area contributed by atoms with E-state index in [1.165, 1.54) is 24.3 Å². The van der Waals surface area contributed by atoms with Gasteiger partial charge in [-0.25, -0.2) is 9.18 Å². The zero-order valence-corrected chi connectivity index (χ0v) is 14.5.